The van der Waals surface area contributed by atoms with Crippen LogP contribution in [0.2, 0.25) is 0 Å². The minimum atomic E-state index is -0.572. The fraction of sp³-hybridized carbons (Fsp3) is 0.227. The molecule has 0 saturated carbocycles. The van der Waals surface area contributed by atoms with E-state index in [4.69, 9.17) is 4.74 Å². The van der Waals surface area contributed by atoms with E-state index in [2.05, 4.69) is 30.9 Å². The standard InChI is InChI=1S/C22H20F2N6O/c1-31-20-5-3-2-4-18(20)28-8-10-29(11-9-28)21-16-13-27-30(22(16)26-14-25-21)19-12-15(23)6-7-17(19)24/h2-7,12-14H,8-11H2,1H3. The first-order valence-electron chi connectivity index (χ1n) is 9.93. The van der Waals surface area contributed by atoms with Gasteiger partial charge in [0.15, 0.2) is 5.65 Å². The third-order valence-corrected chi connectivity index (χ3v) is 5.49. The minimum absolute atomic E-state index is 0.0145. The summed E-state index contributed by atoms with van der Waals surface area (Å²) in [6.07, 6.45) is 3.03. The number of hydrogen-bond donors (Lipinski definition) is 0. The largest absolute Gasteiger partial charge is 0.495 e. The van der Waals surface area contributed by atoms with E-state index in [1.165, 1.54) is 11.0 Å². The molecule has 0 atom stereocenters. The molecular weight excluding hydrogens is 402 g/mol. The van der Waals surface area contributed by atoms with Gasteiger partial charge in [0.25, 0.3) is 0 Å². The topological polar surface area (TPSA) is 59.3 Å². The van der Waals surface area contributed by atoms with Gasteiger partial charge in [0.2, 0.25) is 0 Å². The Kier molecular flexibility index (Phi) is 4.85. The van der Waals surface area contributed by atoms with Crippen molar-refractivity contribution < 1.29 is 13.5 Å². The maximum atomic E-state index is 14.3. The number of hydrogen-bond acceptors (Lipinski definition) is 6. The van der Waals surface area contributed by atoms with E-state index in [9.17, 15) is 8.78 Å². The van der Waals surface area contributed by atoms with Crippen molar-refractivity contribution in [1.82, 2.24) is 19.7 Å². The molecule has 0 aliphatic carbocycles. The summed E-state index contributed by atoms with van der Waals surface area (Å²) in [5.41, 5.74) is 1.51. The summed E-state index contributed by atoms with van der Waals surface area (Å²) < 4.78 is 34.8. The number of nitrogens with zero attached hydrogens (tertiary/aromatic N) is 6. The average Bonchev–Trinajstić information content (AvgIpc) is 3.25. The molecule has 1 saturated heterocycles. The van der Waals surface area contributed by atoms with E-state index in [0.29, 0.717) is 11.0 Å². The fourth-order valence-electron chi connectivity index (χ4n) is 3.96. The third kappa shape index (κ3) is 3.41. The molecule has 0 N–H and O–H groups in total. The molecule has 0 amide bonds. The molecule has 0 spiro atoms. The van der Waals surface area contributed by atoms with Crippen molar-refractivity contribution in [1.29, 1.82) is 0 Å². The molecule has 0 unspecified atom stereocenters. The summed E-state index contributed by atoms with van der Waals surface area (Å²) in [4.78, 5) is 13.2. The Morgan fingerprint density at radius 1 is 0.903 bits per heavy atom. The van der Waals surface area contributed by atoms with Crippen LogP contribution in [0.4, 0.5) is 20.3 Å². The molecular formula is C22H20F2N6O. The Morgan fingerprint density at radius 2 is 1.68 bits per heavy atom. The molecule has 0 bridgehead atoms. The molecule has 1 aliphatic rings. The second-order valence-electron chi connectivity index (χ2n) is 7.23. The summed E-state index contributed by atoms with van der Waals surface area (Å²) in [6.45, 7) is 3.06. The van der Waals surface area contributed by atoms with Gasteiger partial charge in [0.05, 0.1) is 24.4 Å². The SMILES string of the molecule is COc1ccccc1N1CCN(c2ncnc3c2cnn3-c2cc(F)ccc2F)CC1. The van der Waals surface area contributed by atoms with Gasteiger partial charge in [-0.25, -0.2) is 23.4 Å². The predicted molar refractivity (Wildman–Crippen MR) is 114 cm³/mol. The van der Waals surface area contributed by atoms with Gasteiger partial charge in [-0.3, -0.25) is 0 Å². The van der Waals surface area contributed by atoms with Gasteiger partial charge < -0.3 is 14.5 Å². The van der Waals surface area contributed by atoms with Crippen LogP contribution in [0, 0.1) is 11.6 Å². The van der Waals surface area contributed by atoms with Crippen LogP contribution < -0.4 is 14.5 Å². The van der Waals surface area contributed by atoms with Crippen LogP contribution in [0.1, 0.15) is 0 Å². The Hall–Kier alpha value is -3.75. The number of benzene rings is 2. The first-order valence-corrected chi connectivity index (χ1v) is 9.93. The molecule has 3 heterocycles. The normalized spacial score (nSPS) is 14.3. The zero-order chi connectivity index (χ0) is 21.4. The Labute approximate surface area is 177 Å². The summed E-state index contributed by atoms with van der Waals surface area (Å²) in [7, 11) is 1.67. The number of ether oxygens (including phenoxy) is 1. The van der Waals surface area contributed by atoms with Crippen molar-refractivity contribution in [3.8, 4) is 11.4 Å². The van der Waals surface area contributed by atoms with Crippen LogP contribution >= 0.6 is 0 Å². The molecule has 1 aliphatic heterocycles. The molecule has 0 radical (unpaired) electrons. The summed E-state index contributed by atoms with van der Waals surface area (Å²) in [6, 6.07) is 11.2. The van der Waals surface area contributed by atoms with Crippen molar-refractivity contribution in [2.45, 2.75) is 0 Å². The molecule has 2 aromatic carbocycles. The second-order valence-corrected chi connectivity index (χ2v) is 7.23. The number of halogens is 2. The third-order valence-electron chi connectivity index (χ3n) is 5.49. The summed E-state index contributed by atoms with van der Waals surface area (Å²) >= 11 is 0. The molecule has 31 heavy (non-hydrogen) atoms. The maximum Gasteiger partial charge on any atom is 0.168 e. The van der Waals surface area contributed by atoms with Gasteiger partial charge in [-0.15, -0.1) is 0 Å². The Bertz CT molecular complexity index is 1240. The lowest BCUT2D eigenvalue weighted by molar-refractivity contribution is 0.413. The maximum absolute atomic E-state index is 14.3. The van der Waals surface area contributed by atoms with Gasteiger partial charge in [-0.1, -0.05) is 12.1 Å². The van der Waals surface area contributed by atoms with Crippen molar-refractivity contribution in [2.75, 3.05) is 43.1 Å². The molecule has 2 aromatic heterocycles. The monoisotopic (exact) mass is 422 g/mol. The van der Waals surface area contributed by atoms with E-state index in [0.717, 1.165) is 61.6 Å². The highest BCUT2D eigenvalue weighted by molar-refractivity contribution is 5.87. The van der Waals surface area contributed by atoms with Crippen molar-refractivity contribution in [3.05, 3.63) is 66.6 Å². The minimum Gasteiger partial charge on any atom is -0.495 e. The first kappa shape index (κ1) is 19.2. The summed E-state index contributed by atoms with van der Waals surface area (Å²) in [5, 5.41) is 4.95. The highest BCUT2D eigenvalue weighted by Gasteiger charge is 2.23. The quantitative estimate of drug-likeness (QED) is 0.502. The fourth-order valence-corrected chi connectivity index (χ4v) is 3.96. The first-order chi connectivity index (χ1) is 15.2. The van der Waals surface area contributed by atoms with Gasteiger partial charge in [0, 0.05) is 32.2 Å². The number of rotatable bonds is 4. The van der Waals surface area contributed by atoms with E-state index < -0.39 is 11.6 Å². The van der Waals surface area contributed by atoms with Crippen LogP contribution in [0.25, 0.3) is 16.7 Å². The zero-order valence-corrected chi connectivity index (χ0v) is 16.9. The van der Waals surface area contributed by atoms with E-state index in [1.54, 1.807) is 13.3 Å². The van der Waals surface area contributed by atoms with Crippen molar-refractivity contribution in [2.24, 2.45) is 0 Å². The lowest BCUT2D eigenvalue weighted by Gasteiger charge is -2.37. The Morgan fingerprint density at radius 3 is 2.48 bits per heavy atom. The lowest BCUT2D eigenvalue weighted by atomic mass is 10.2. The van der Waals surface area contributed by atoms with Crippen molar-refractivity contribution in [3.63, 3.8) is 0 Å². The molecule has 158 valence electrons. The van der Waals surface area contributed by atoms with Gasteiger partial charge in [0.1, 0.15) is 35.2 Å². The van der Waals surface area contributed by atoms with Crippen LogP contribution in [0.5, 0.6) is 5.75 Å². The molecule has 4 aromatic rings. The van der Waals surface area contributed by atoms with Crippen LogP contribution in [0.3, 0.4) is 0 Å². The molecule has 5 rings (SSSR count). The summed E-state index contributed by atoms with van der Waals surface area (Å²) in [5.74, 6) is 0.463. The number of fused-ring (bicyclic) bond motifs is 1. The van der Waals surface area contributed by atoms with Crippen LogP contribution in [-0.2, 0) is 0 Å². The van der Waals surface area contributed by atoms with Crippen LogP contribution in [0.15, 0.2) is 55.0 Å². The lowest BCUT2D eigenvalue weighted by Crippen LogP contribution is -2.47. The van der Waals surface area contributed by atoms with Crippen molar-refractivity contribution >= 4 is 22.5 Å². The van der Waals surface area contributed by atoms with Gasteiger partial charge >= 0.3 is 0 Å². The number of aromatic nitrogens is 4. The van der Waals surface area contributed by atoms with Crippen LogP contribution in [-0.4, -0.2) is 53.0 Å². The van der Waals surface area contributed by atoms with E-state index >= 15 is 0 Å². The number of anilines is 2. The molecule has 7 nitrogen and oxygen atoms in total. The second kappa shape index (κ2) is 7.82. The number of para-hydroxylation sites is 2. The number of methoxy groups -OCH3 is 1. The highest BCUT2D eigenvalue weighted by atomic mass is 19.1. The predicted octanol–water partition coefficient (Wildman–Crippen LogP) is 3.43. The van der Waals surface area contributed by atoms with Gasteiger partial charge in [-0.2, -0.15) is 5.10 Å². The van der Waals surface area contributed by atoms with E-state index in [1.807, 2.05) is 18.2 Å². The zero-order valence-electron chi connectivity index (χ0n) is 16.9. The Balaban J connectivity index is 1.43. The smallest absolute Gasteiger partial charge is 0.168 e. The molecule has 9 heteroatoms. The van der Waals surface area contributed by atoms with E-state index in [-0.39, 0.29) is 5.69 Å². The number of piperazine rings is 1. The highest BCUT2D eigenvalue weighted by Crippen LogP contribution is 2.31. The average molecular weight is 422 g/mol. The molecule has 1 fully saturated rings. The van der Waals surface area contributed by atoms with Gasteiger partial charge in [-0.05, 0) is 24.3 Å².